The van der Waals surface area contributed by atoms with Crippen LogP contribution in [0.2, 0.25) is 0 Å². The van der Waals surface area contributed by atoms with Crippen LogP contribution >= 0.6 is 24.0 Å². The van der Waals surface area contributed by atoms with Crippen LogP contribution < -0.4 is 20.5 Å². The zero-order valence-electron chi connectivity index (χ0n) is 14.8. The third kappa shape index (κ3) is 4.38. The summed E-state index contributed by atoms with van der Waals surface area (Å²) in [6, 6.07) is 12.2. The Labute approximate surface area is 169 Å². The Kier molecular flexibility index (Phi) is 6.69. The minimum Gasteiger partial charge on any atom is -0.497 e. The van der Waals surface area contributed by atoms with Crippen LogP contribution in [-0.4, -0.2) is 26.7 Å². The molecule has 26 heavy (non-hydrogen) atoms. The van der Waals surface area contributed by atoms with E-state index in [4.69, 9.17) is 15.2 Å². The number of benzene rings is 2. The van der Waals surface area contributed by atoms with Crippen molar-refractivity contribution in [2.75, 3.05) is 26.1 Å². The number of ether oxygens (including phenoxy) is 2. The van der Waals surface area contributed by atoms with Crippen molar-refractivity contribution in [3.63, 3.8) is 0 Å². The number of aliphatic imine (C=N–C) groups is 1. The lowest BCUT2D eigenvalue weighted by Gasteiger charge is -2.15. The van der Waals surface area contributed by atoms with Gasteiger partial charge in [-0.3, -0.25) is 4.99 Å². The van der Waals surface area contributed by atoms with Gasteiger partial charge in [0.25, 0.3) is 0 Å². The molecule has 140 valence electrons. The summed E-state index contributed by atoms with van der Waals surface area (Å²) in [6.45, 7) is 0.444. The molecule has 1 fully saturated rings. The fraction of sp³-hybridized carbons (Fsp3) is 0.316. The average molecular weight is 471 g/mol. The second kappa shape index (κ2) is 8.57. The van der Waals surface area contributed by atoms with E-state index in [-0.39, 0.29) is 41.2 Å². The SMILES string of the molecule is COc1ccc(OC)c(NC(N)=NCC2(c3ccccc3F)CC2)c1.I. The van der Waals surface area contributed by atoms with Gasteiger partial charge in [0, 0.05) is 11.5 Å². The number of hydrogen-bond acceptors (Lipinski definition) is 3. The Morgan fingerprint density at radius 3 is 2.54 bits per heavy atom. The minimum absolute atomic E-state index is 0. The number of methoxy groups -OCH3 is 2. The third-order valence-corrected chi connectivity index (χ3v) is 4.52. The molecule has 5 nitrogen and oxygen atoms in total. The van der Waals surface area contributed by atoms with Crippen LogP contribution in [0.15, 0.2) is 47.5 Å². The van der Waals surface area contributed by atoms with Gasteiger partial charge in [-0.25, -0.2) is 4.39 Å². The molecule has 2 aromatic rings. The summed E-state index contributed by atoms with van der Waals surface area (Å²) in [5.74, 6) is 1.39. The molecule has 0 unspecified atom stereocenters. The molecule has 0 heterocycles. The van der Waals surface area contributed by atoms with Gasteiger partial charge >= 0.3 is 0 Å². The van der Waals surface area contributed by atoms with Gasteiger partial charge in [-0.2, -0.15) is 0 Å². The molecule has 0 saturated heterocycles. The number of halogens is 2. The van der Waals surface area contributed by atoms with Gasteiger partial charge in [0.2, 0.25) is 0 Å². The largest absolute Gasteiger partial charge is 0.497 e. The predicted molar refractivity (Wildman–Crippen MR) is 112 cm³/mol. The van der Waals surface area contributed by atoms with Crippen molar-refractivity contribution in [2.45, 2.75) is 18.3 Å². The molecule has 1 aliphatic carbocycles. The molecule has 0 aliphatic heterocycles. The molecule has 0 bridgehead atoms. The number of nitrogens with one attached hydrogen (secondary N) is 1. The number of rotatable bonds is 6. The summed E-state index contributed by atoms with van der Waals surface area (Å²) in [7, 11) is 3.17. The van der Waals surface area contributed by atoms with E-state index < -0.39 is 0 Å². The first kappa shape index (κ1) is 20.3. The number of anilines is 1. The highest BCUT2D eigenvalue weighted by atomic mass is 127. The van der Waals surface area contributed by atoms with Gasteiger partial charge in [-0.1, -0.05) is 18.2 Å². The molecule has 0 spiro atoms. The molecule has 3 N–H and O–H groups in total. The lowest BCUT2D eigenvalue weighted by molar-refractivity contribution is 0.405. The summed E-state index contributed by atoms with van der Waals surface area (Å²) >= 11 is 0. The van der Waals surface area contributed by atoms with E-state index in [1.54, 1.807) is 38.5 Å². The molecular formula is C19H23FIN3O2. The van der Waals surface area contributed by atoms with Gasteiger partial charge < -0.3 is 20.5 Å². The van der Waals surface area contributed by atoms with E-state index in [1.165, 1.54) is 6.07 Å². The van der Waals surface area contributed by atoms with Crippen molar-refractivity contribution in [1.29, 1.82) is 0 Å². The molecular weight excluding hydrogens is 448 g/mol. The Morgan fingerprint density at radius 2 is 1.92 bits per heavy atom. The summed E-state index contributed by atoms with van der Waals surface area (Å²) in [6.07, 6.45) is 1.82. The molecule has 0 atom stereocenters. The monoisotopic (exact) mass is 471 g/mol. The standard InChI is InChI=1S/C19H22FN3O2.HI/c1-24-13-7-8-17(25-2)16(11-13)23-18(21)22-12-19(9-10-19)14-5-3-4-6-15(14)20;/h3-8,11H,9-10,12H2,1-2H3,(H3,21,22,23);1H. The summed E-state index contributed by atoms with van der Waals surface area (Å²) < 4.78 is 24.6. The van der Waals surface area contributed by atoms with E-state index in [0.717, 1.165) is 12.8 Å². The highest BCUT2D eigenvalue weighted by Crippen LogP contribution is 2.49. The maximum absolute atomic E-state index is 14.1. The molecule has 0 aromatic heterocycles. The van der Waals surface area contributed by atoms with Crippen LogP contribution in [0, 0.1) is 5.82 Å². The van der Waals surface area contributed by atoms with Gasteiger partial charge in [-0.05, 0) is 36.6 Å². The van der Waals surface area contributed by atoms with Crippen LogP contribution in [0.5, 0.6) is 11.5 Å². The van der Waals surface area contributed by atoms with Crippen molar-refractivity contribution in [1.82, 2.24) is 0 Å². The average Bonchev–Trinajstić information content (AvgIpc) is 3.41. The van der Waals surface area contributed by atoms with Crippen LogP contribution in [-0.2, 0) is 5.41 Å². The molecule has 1 saturated carbocycles. The van der Waals surface area contributed by atoms with E-state index in [2.05, 4.69) is 10.3 Å². The number of guanidine groups is 1. The van der Waals surface area contributed by atoms with Crippen LogP contribution in [0.1, 0.15) is 18.4 Å². The predicted octanol–water partition coefficient (Wildman–Crippen LogP) is 3.92. The zero-order chi connectivity index (χ0) is 17.9. The molecule has 0 amide bonds. The number of nitrogens with zero attached hydrogens (tertiary/aromatic N) is 1. The lowest BCUT2D eigenvalue weighted by atomic mass is 9.95. The smallest absolute Gasteiger partial charge is 0.193 e. The molecule has 1 aliphatic rings. The van der Waals surface area contributed by atoms with Gasteiger partial charge in [0.1, 0.15) is 17.3 Å². The first-order valence-corrected chi connectivity index (χ1v) is 8.12. The van der Waals surface area contributed by atoms with Crippen LogP contribution in [0.25, 0.3) is 0 Å². The van der Waals surface area contributed by atoms with Gasteiger partial charge in [0.05, 0.1) is 26.5 Å². The normalized spacial score (nSPS) is 15.0. The van der Waals surface area contributed by atoms with E-state index >= 15 is 0 Å². The summed E-state index contributed by atoms with van der Waals surface area (Å²) in [5, 5.41) is 3.03. The Hall–Kier alpha value is -2.03. The van der Waals surface area contributed by atoms with Crippen molar-refractivity contribution < 1.29 is 13.9 Å². The van der Waals surface area contributed by atoms with Crippen molar-refractivity contribution in [3.8, 4) is 11.5 Å². The Balaban J connectivity index is 0.00000243. The first-order valence-electron chi connectivity index (χ1n) is 8.12. The number of nitrogens with two attached hydrogens (primary N) is 1. The van der Waals surface area contributed by atoms with Crippen molar-refractivity contribution >= 4 is 35.6 Å². The van der Waals surface area contributed by atoms with Crippen LogP contribution in [0.3, 0.4) is 0 Å². The molecule has 0 radical (unpaired) electrons. The molecule has 2 aromatic carbocycles. The fourth-order valence-corrected chi connectivity index (χ4v) is 2.88. The third-order valence-electron chi connectivity index (χ3n) is 4.52. The van der Waals surface area contributed by atoms with Gasteiger partial charge in [0.15, 0.2) is 5.96 Å². The number of hydrogen-bond donors (Lipinski definition) is 2. The second-order valence-corrected chi connectivity index (χ2v) is 6.15. The first-order chi connectivity index (χ1) is 12.1. The maximum Gasteiger partial charge on any atom is 0.193 e. The van der Waals surface area contributed by atoms with E-state index in [0.29, 0.717) is 29.3 Å². The van der Waals surface area contributed by atoms with Gasteiger partial charge in [-0.15, -0.1) is 24.0 Å². The van der Waals surface area contributed by atoms with Crippen molar-refractivity contribution in [3.05, 3.63) is 53.8 Å². The highest BCUT2D eigenvalue weighted by molar-refractivity contribution is 14.0. The van der Waals surface area contributed by atoms with E-state index in [1.807, 2.05) is 12.1 Å². The highest BCUT2D eigenvalue weighted by Gasteiger charge is 2.45. The minimum atomic E-state index is -0.240. The maximum atomic E-state index is 14.1. The topological polar surface area (TPSA) is 68.9 Å². The van der Waals surface area contributed by atoms with Crippen molar-refractivity contribution in [2.24, 2.45) is 10.7 Å². The van der Waals surface area contributed by atoms with E-state index in [9.17, 15) is 4.39 Å². The zero-order valence-corrected chi connectivity index (χ0v) is 17.1. The Morgan fingerprint density at radius 1 is 1.19 bits per heavy atom. The molecule has 3 rings (SSSR count). The lowest BCUT2D eigenvalue weighted by Crippen LogP contribution is -2.25. The van der Waals surface area contributed by atoms with Crippen LogP contribution in [0.4, 0.5) is 10.1 Å². The summed E-state index contributed by atoms with van der Waals surface area (Å²) in [4.78, 5) is 4.42. The fourth-order valence-electron chi connectivity index (χ4n) is 2.88. The quantitative estimate of drug-likeness (QED) is 0.381. The second-order valence-electron chi connectivity index (χ2n) is 6.15. The summed E-state index contributed by atoms with van der Waals surface area (Å²) in [5.41, 5.74) is 7.16. The Bertz CT molecular complexity index is 794. The molecule has 7 heteroatoms.